The Bertz CT molecular complexity index is 1420. The van der Waals surface area contributed by atoms with Gasteiger partial charge in [0, 0.05) is 46.3 Å². The average Bonchev–Trinajstić information content (AvgIpc) is 3.30. The van der Waals surface area contributed by atoms with E-state index in [-0.39, 0.29) is 19.1 Å². The number of para-hydroxylation sites is 1. The van der Waals surface area contributed by atoms with Crippen molar-refractivity contribution in [3.63, 3.8) is 0 Å². The fourth-order valence-corrected chi connectivity index (χ4v) is 4.41. The zero-order chi connectivity index (χ0) is 27.1. The Balaban J connectivity index is 1.58. The van der Waals surface area contributed by atoms with Gasteiger partial charge in [-0.2, -0.15) is 0 Å². The summed E-state index contributed by atoms with van der Waals surface area (Å²) in [4.78, 5) is 3.25. The van der Waals surface area contributed by atoms with Crippen LogP contribution in [0.25, 0.3) is 10.9 Å². The first-order chi connectivity index (χ1) is 18.3. The standard InChI is InChI=1S/C31H34N2O5/c1-20(2)38-29-14-12-21(11-13-22-7-3-4-8-23(22)17-30(35)36)15-27(29)31(37)33-25(19-34)16-24-18-32-28-10-6-5-9-26(24)28/h3-10,12,14-15,18,20,25,30-37H,16-17,19H2,1-2H3/t25-,31?/m1/s1. The van der Waals surface area contributed by atoms with Gasteiger partial charge in [0.05, 0.1) is 12.7 Å². The van der Waals surface area contributed by atoms with Crippen LogP contribution in [0, 0.1) is 11.8 Å². The highest BCUT2D eigenvalue weighted by Gasteiger charge is 2.20. The van der Waals surface area contributed by atoms with Crippen molar-refractivity contribution in [2.75, 3.05) is 6.61 Å². The lowest BCUT2D eigenvalue weighted by molar-refractivity contribution is -0.0382. The first kappa shape index (κ1) is 27.4. The third-order valence-corrected chi connectivity index (χ3v) is 6.18. The number of H-pyrrole nitrogens is 1. The lowest BCUT2D eigenvalue weighted by atomic mass is 10.0. The maximum Gasteiger partial charge on any atom is 0.155 e. The highest BCUT2D eigenvalue weighted by Crippen LogP contribution is 2.27. The molecule has 7 nitrogen and oxygen atoms in total. The Labute approximate surface area is 222 Å². The minimum Gasteiger partial charge on any atom is -0.491 e. The zero-order valence-electron chi connectivity index (χ0n) is 21.6. The van der Waals surface area contributed by atoms with E-state index in [4.69, 9.17) is 4.74 Å². The normalized spacial score (nSPS) is 12.9. The lowest BCUT2D eigenvalue weighted by Crippen LogP contribution is -2.37. The van der Waals surface area contributed by atoms with Crippen molar-refractivity contribution in [2.45, 2.75) is 51.4 Å². The van der Waals surface area contributed by atoms with Gasteiger partial charge in [-0.15, -0.1) is 0 Å². The van der Waals surface area contributed by atoms with Gasteiger partial charge in [0.2, 0.25) is 0 Å². The number of aromatic amines is 1. The van der Waals surface area contributed by atoms with Crippen molar-refractivity contribution in [2.24, 2.45) is 0 Å². The van der Waals surface area contributed by atoms with Gasteiger partial charge in [-0.3, -0.25) is 5.32 Å². The van der Waals surface area contributed by atoms with Crippen molar-refractivity contribution in [1.29, 1.82) is 0 Å². The molecule has 1 heterocycles. The van der Waals surface area contributed by atoms with E-state index in [0.29, 0.717) is 28.9 Å². The molecule has 4 aromatic rings. The number of aliphatic hydroxyl groups excluding tert-OH is 3. The molecule has 0 aliphatic carbocycles. The van der Waals surface area contributed by atoms with E-state index in [2.05, 4.69) is 22.1 Å². The summed E-state index contributed by atoms with van der Waals surface area (Å²) in [5, 5.41) is 44.3. The number of nitrogens with one attached hydrogen (secondary N) is 2. The summed E-state index contributed by atoms with van der Waals surface area (Å²) < 4.78 is 5.95. The largest absolute Gasteiger partial charge is 0.491 e. The van der Waals surface area contributed by atoms with E-state index < -0.39 is 18.6 Å². The number of hydrogen-bond donors (Lipinski definition) is 6. The Morgan fingerprint density at radius 3 is 2.42 bits per heavy atom. The molecule has 38 heavy (non-hydrogen) atoms. The van der Waals surface area contributed by atoms with Crippen LogP contribution in [0.2, 0.25) is 0 Å². The zero-order valence-corrected chi connectivity index (χ0v) is 21.6. The van der Waals surface area contributed by atoms with Crippen LogP contribution in [0.1, 0.15) is 47.9 Å². The van der Waals surface area contributed by atoms with E-state index in [1.165, 1.54) is 0 Å². The van der Waals surface area contributed by atoms with Crippen molar-refractivity contribution in [3.8, 4) is 17.6 Å². The quantitative estimate of drug-likeness (QED) is 0.143. The molecular formula is C31H34N2O5. The second kappa shape index (κ2) is 12.7. The molecule has 0 radical (unpaired) electrons. The topological polar surface area (TPSA) is 118 Å². The molecule has 6 N–H and O–H groups in total. The average molecular weight is 515 g/mol. The fraction of sp³-hybridized carbons (Fsp3) is 0.290. The lowest BCUT2D eigenvalue weighted by Gasteiger charge is -2.24. The molecule has 0 saturated heterocycles. The van der Waals surface area contributed by atoms with Crippen molar-refractivity contribution in [3.05, 3.63) is 101 Å². The third kappa shape index (κ3) is 7.01. The van der Waals surface area contributed by atoms with Crippen LogP contribution in [0.4, 0.5) is 0 Å². The van der Waals surface area contributed by atoms with Crippen LogP contribution < -0.4 is 10.1 Å². The highest BCUT2D eigenvalue weighted by molar-refractivity contribution is 5.83. The molecule has 3 aromatic carbocycles. The smallest absolute Gasteiger partial charge is 0.155 e. The molecular weight excluding hydrogens is 480 g/mol. The van der Waals surface area contributed by atoms with Crippen LogP contribution in [-0.2, 0) is 12.8 Å². The monoisotopic (exact) mass is 514 g/mol. The molecule has 0 amide bonds. The molecule has 1 aromatic heterocycles. The van der Waals surface area contributed by atoms with Gasteiger partial charge in [0.15, 0.2) is 6.29 Å². The fourth-order valence-electron chi connectivity index (χ4n) is 4.41. The molecule has 2 atom stereocenters. The second-order valence-electron chi connectivity index (χ2n) is 9.52. The molecule has 198 valence electrons. The van der Waals surface area contributed by atoms with E-state index in [9.17, 15) is 20.4 Å². The predicted octanol–water partition coefficient (Wildman–Crippen LogP) is 3.39. The summed E-state index contributed by atoms with van der Waals surface area (Å²) in [5.74, 6) is 6.74. The summed E-state index contributed by atoms with van der Waals surface area (Å²) in [6.07, 6.45) is -0.135. The van der Waals surface area contributed by atoms with Gasteiger partial charge in [-0.25, -0.2) is 0 Å². The van der Waals surface area contributed by atoms with Crippen molar-refractivity contribution < 1.29 is 25.2 Å². The Hall–Kier alpha value is -3.64. The number of rotatable bonds is 10. The van der Waals surface area contributed by atoms with Gasteiger partial charge >= 0.3 is 0 Å². The van der Waals surface area contributed by atoms with E-state index in [0.717, 1.165) is 22.0 Å². The summed E-state index contributed by atoms with van der Waals surface area (Å²) in [6.45, 7) is 3.67. The molecule has 0 fully saturated rings. The Kier molecular flexibility index (Phi) is 9.19. The summed E-state index contributed by atoms with van der Waals surface area (Å²) in [6, 6.07) is 20.3. The maximum absolute atomic E-state index is 11.2. The minimum atomic E-state index is -1.46. The van der Waals surface area contributed by atoms with Gasteiger partial charge in [0.1, 0.15) is 12.0 Å². The van der Waals surface area contributed by atoms with Crippen molar-refractivity contribution >= 4 is 10.9 Å². The third-order valence-electron chi connectivity index (χ3n) is 6.18. The molecule has 0 aliphatic rings. The number of hydrogen-bond acceptors (Lipinski definition) is 6. The first-order valence-electron chi connectivity index (χ1n) is 12.7. The molecule has 0 bridgehead atoms. The minimum absolute atomic E-state index is 0.0822. The highest BCUT2D eigenvalue weighted by atomic mass is 16.5. The summed E-state index contributed by atoms with van der Waals surface area (Å²) >= 11 is 0. The molecule has 0 aliphatic heterocycles. The first-order valence-corrected chi connectivity index (χ1v) is 12.7. The molecule has 4 rings (SSSR count). The number of benzene rings is 3. The number of aliphatic hydroxyl groups is 4. The van der Waals surface area contributed by atoms with Crippen LogP contribution in [0.15, 0.2) is 72.9 Å². The van der Waals surface area contributed by atoms with Gasteiger partial charge in [-0.05, 0) is 61.7 Å². The van der Waals surface area contributed by atoms with Crippen molar-refractivity contribution in [1.82, 2.24) is 10.3 Å². The van der Waals surface area contributed by atoms with Crippen LogP contribution in [0.5, 0.6) is 5.75 Å². The number of aromatic nitrogens is 1. The maximum atomic E-state index is 11.2. The second-order valence-corrected chi connectivity index (χ2v) is 9.52. The number of fused-ring (bicyclic) bond motifs is 1. The molecule has 7 heteroatoms. The van der Waals surface area contributed by atoms with Crippen LogP contribution in [-0.4, -0.2) is 50.5 Å². The molecule has 1 unspecified atom stereocenters. The van der Waals surface area contributed by atoms with Gasteiger partial charge < -0.3 is 30.1 Å². The molecule has 0 spiro atoms. The SMILES string of the molecule is CC(C)Oc1ccc(C#Cc2ccccc2CC(O)O)cc1C(O)N[C@@H](CO)Cc1c[nH]c2ccccc12. The van der Waals surface area contributed by atoms with Crippen LogP contribution in [0.3, 0.4) is 0 Å². The summed E-state index contributed by atoms with van der Waals surface area (Å²) in [7, 11) is 0. The van der Waals surface area contributed by atoms with E-state index >= 15 is 0 Å². The predicted molar refractivity (Wildman–Crippen MR) is 148 cm³/mol. The van der Waals surface area contributed by atoms with E-state index in [1.54, 1.807) is 12.1 Å². The van der Waals surface area contributed by atoms with Crippen LogP contribution >= 0.6 is 0 Å². The Morgan fingerprint density at radius 2 is 1.66 bits per heavy atom. The number of ether oxygens (including phenoxy) is 1. The van der Waals surface area contributed by atoms with Gasteiger partial charge in [0.25, 0.3) is 0 Å². The Morgan fingerprint density at radius 1 is 0.895 bits per heavy atom. The summed E-state index contributed by atoms with van der Waals surface area (Å²) in [5.41, 5.74) is 4.68. The van der Waals surface area contributed by atoms with E-state index in [1.807, 2.05) is 74.6 Å². The van der Waals surface area contributed by atoms with Gasteiger partial charge in [-0.1, -0.05) is 48.2 Å². The molecule has 0 saturated carbocycles.